The average Bonchev–Trinajstić information content (AvgIpc) is 3.20. The second-order valence-corrected chi connectivity index (χ2v) is 11.3. The van der Waals surface area contributed by atoms with E-state index in [4.69, 9.17) is 27.6 Å². The summed E-state index contributed by atoms with van der Waals surface area (Å²) >= 11 is 12.1. The molecule has 3 aromatic rings. The monoisotopic (exact) mass is 483 g/mol. The fraction of sp³-hybridized carbons (Fsp3) is 0.393. The highest BCUT2D eigenvalue weighted by molar-refractivity contribution is 6.35. The van der Waals surface area contributed by atoms with E-state index in [-0.39, 0.29) is 16.7 Å². The number of aryl methyl sites for hydroxylation is 1. The van der Waals surface area contributed by atoms with E-state index in [1.54, 1.807) is 24.3 Å². The summed E-state index contributed by atoms with van der Waals surface area (Å²) in [5.41, 5.74) is 6.55. The number of rotatable bonds is 5. The molecule has 1 N–H and O–H groups in total. The first-order chi connectivity index (χ1) is 15.5. The Morgan fingerprint density at radius 3 is 2.27 bits per heavy atom. The molecule has 0 saturated carbocycles. The van der Waals surface area contributed by atoms with Gasteiger partial charge in [-0.1, -0.05) is 69.1 Å². The van der Waals surface area contributed by atoms with Gasteiger partial charge in [0.15, 0.2) is 5.76 Å². The van der Waals surface area contributed by atoms with Crippen LogP contribution in [0.25, 0.3) is 0 Å². The maximum atomic E-state index is 12.6. The Bertz CT molecular complexity index is 1210. The zero-order valence-corrected chi connectivity index (χ0v) is 21.5. The minimum Gasteiger partial charge on any atom is -0.456 e. The maximum Gasteiger partial charge on any atom is 0.287 e. The highest BCUT2D eigenvalue weighted by atomic mass is 35.5. The fourth-order valence-electron chi connectivity index (χ4n) is 4.67. The minimum absolute atomic E-state index is 0.157. The van der Waals surface area contributed by atoms with Gasteiger partial charge in [0.25, 0.3) is 5.91 Å². The van der Waals surface area contributed by atoms with Crippen LogP contribution in [0.5, 0.6) is 0 Å². The van der Waals surface area contributed by atoms with Gasteiger partial charge in [-0.2, -0.15) is 0 Å². The van der Waals surface area contributed by atoms with Crippen LogP contribution < -0.4 is 5.32 Å². The van der Waals surface area contributed by atoms with E-state index >= 15 is 0 Å². The van der Waals surface area contributed by atoms with Crippen LogP contribution >= 0.6 is 23.2 Å². The Balaban J connectivity index is 1.50. The molecular weight excluding hydrogens is 453 g/mol. The molecule has 1 heterocycles. The lowest BCUT2D eigenvalue weighted by Crippen LogP contribution is -2.34. The summed E-state index contributed by atoms with van der Waals surface area (Å²) in [7, 11) is 0. The highest BCUT2D eigenvalue weighted by Crippen LogP contribution is 2.46. The quantitative estimate of drug-likeness (QED) is 0.402. The molecule has 5 heteroatoms. The van der Waals surface area contributed by atoms with Gasteiger partial charge < -0.3 is 9.73 Å². The Kier molecular flexibility index (Phi) is 6.41. The molecule has 0 bridgehead atoms. The van der Waals surface area contributed by atoms with Gasteiger partial charge in [0, 0.05) is 23.0 Å². The molecule has 0 atom stereocenters. The number of halogens is 2. The third kappa shape index (κ3) is 5.00. The minimum atomic E-state index is -0.266. The van der Waals surface area contributed by atoms with Crippen molar-refractivity contribution in [1.29, 1.82) is 0 Å². The first-order valence-electron chi connectivity index (χ1n) is 11.4. The van der Waals surface area contributed by atoms with Crippen LogP contribution in [0.15, 0.2) is 46.9 Å². The van der Waals surface area contributed by atoms with Gasteiger partial charge in [0.1, 0.15) is 5.76 Å². The van der Waals surface area contributed by atoms with Crippen molar-refractivity contribution in [3.63, 3.8) is 0 Å². The molecule has 1 aliphatic carbocycles. The first-order valence-corrected chi connectivity index (χ1v) is 12.2. The molecule has 1 aliphatic rings. The van der Waals surface area contributed by atoms with Gasteiger partial charge in [-0.25, -0.2) is 0 Å². The van der Waals surface area contributed by atoms with Gasteiger partial charge >= 0.3 is 0 Å². The third-order valence-electron chi connectivity index (χ3n) is 7.01. The molecule has 3 nitrogen and oxygen atoms in total. The molecular formula is C28H31Cl2NO2. The van der Waals surface area contributed by atoms with Gasteiger partial charge in [-0.05, 0) is 82.7 Å². The van der Waals surface area contributed by atoms with Crippen LogP contribution in [0.4, 0.5) is 0 Å². The zero-order valence-electron chi connectivity index (χ0n) is 19.9. The molecule has 1 aromatic heterocycles. The Hall–Kier alpha value is -2.23. The number of amides is 1. The molecule has 1 amide bonds. The number of fused-ring (bicyclic) bond motifs is 1. The summed E-state index contributed by atoms with van der Waals surface area (Å²) in [6, 6.07) is 13.6. The summed E-state index contributed by atoms with van der Waals surface area (Å²) < 4.78 is 5.91. The second-order valence-electron chi connectivity index (χ2n) is 10.5. The molecule has 0 saturated heterocycles. The first kappa shape index (κ1) is 23.9. The average molecular weight is 484 g/mol. The normalized spacial score (nSPS) is 16.3. The summed E-state index contributed by atoms with van der Waals surface area (Å²) in [5.74, 6) is 0.810. The SMILES string of the molecule is Cc1cc2c(cc1Cc1ccc(C(=O)NCc3ccc(Cl)cc3Cl)o1)C(C)(C)CCC2(C)C. The van der Waals surface area contributed by atoms with Crippen molar-refractivity contribution in [2.75, 3.05) is 0 Å². The van der Waals surface area contributed by atoms with Crippen LogP contribution in [0.2, 0.25) is 10.0 Å². The van der Waals surface area contributed by atoms with E-state index in [9.17, 15) is 4.79 Å². The van der Waals surface area contributed by atoms with Crippen molar-refractivity contribution in [3.8, 4) is 0 Å². The topological polar surface area (TPSA) is 42.2 Å². The van der Waals surface area contributed by atoms with E-state index in [0.717, 1.165) is 11.3 Å². The van der Waals surface area contributed by atoms with Crippen molar-refractivity contribution < 1.29 is 9.21 Å². The molecule has 0 aliphatic heterocycles. The summed E-state index contributed by atoms with van der Waals surface area (Å²) in [4.78, 5) is 12.6. The van der Waals surface area contributed by atoms with E-state index in [2.05, 4.69) is 52.1 Å². The largest absolute Gasteiger partial charge is 0.456 e. The van der Waals surface area contributed by atoms with Crippen LogP contribution in [-0.2, 0) is 23.8 Å². The van der Waals surface area contributed by atoms with Crippen molar-refractivity contribution in [1.82, 2.24) is 5.32 Å². The van der Waals surface area contributed by atoms with E-state index in [1.165, 1.54) is 35.1 Å². The Morgan fingerprint density at radius 2 is 1.61 bits per heavy atom. The van der Waals surface area contributed by atoms with Crippen LogP contribution in [0.1, 0.15) is 84.7 Å². The smallest absolute Gasteiger partial charge is 0.287 e. The van der Waals surface area contributed by atoms with Gasteiger partial charge in [0.2, 0.25) is 0 Å². The standard InChI is InChI=1S/C28H31Cl2NO2/c1-17-12-22-23(28(4,5)11-10-27(22,2)3)14-19(17)13-21-8-9-25(33-21)26(32)31-16-18-6-7-20(29)15-24(18)30/h6-9,12,14-15H,10-11,13,16H2,1-5H3,(H,31,32). The van der Waals surface area contributed by atoms with Gasteiger partial charge in [-0.3, -0.25) is 4.79 Å². The predicted octanol–water partition coefficient (Wildman–Crippen LogP) is 7.76. The lowest BCUT2D eigenvalue weighted by atomic mass is 9.62. The summed E-state index contributed by atoms with van der Waals surface area (Å²) in [6.45, 7) is 11.8. The highest BCUT2D eigenvalue weighted by Gasteiger charge is 2.37. The number of carbonyl (C=O) groups is 1. The van der Waals surface area contributed by atoms with Crippen molar-refractivity contribution in [2.24, 2.45) is 0 Å². The Morgan fingerprint density at radius 1 is 0.939 bits per heavy atom. The molecule has 4 rings (SSSR count). The van der Waals surface area contributed by atoms with E-state index < -0.39 is 0 Å². The predicted molar refractivity (Wildman–Crippen MR) is 136 cm³/mol. The van der Waals surface area contributed by atoms with Gasteiger partial charge in [0.05, 0.1) is 0 Å². The van der Waals surface area contributed by atoms with Crippen LogP contribution in [0, 0.1) is 6.92 Å². The summed E-state index contributed by atoms with van der Waals surface area (Å²) in [6.07, 6.45) is 3.04. The number of nitrogens with one attached hydrogen (secondary N) is 1. The van der Waals surface area contributed by atoms with Gasteiger partial charge in [-0.15, -0.1) is 0 Å². The van der Waals surface area contributed by atoms with Crippen LogP contribution in [-0.4, -0.2) is 5.91 Å². The molecule has 0 spiro atoms. The lowest BCUT2D eigenvalue weighted by Gasteiger charge is -2.42. The molecule has 2 aromatic carbocycles. The molecule has 0 radical (unpaired) electrons. The molecule has 174 valence electrons. The fourth-order valence-corrected chi connectivity index (χ4v) is 5.14. The number of hydrogen-bond donors (Lipinski definition) is 1. The number of benzene rings is 2. The van der Waals surface area contributed by atoms with E-state index in [0.29, 0.717) is 28.8 Å². The van der Waals surface area contributed by atoms with Crippen molar-refractivity contribution in [3.05, 3.63) is 91.8 Å². The number of carbonyl (C=O) groups excluding carboxylic acids is 1. The van der Waals surface area contributed by atoms with E-state index in [1.807, 2.05) is 6.07 Å². The summed E-state index contributed by atoms with van der Waals surface area (Å²) in [5, 5.41) is 3.95. The second kappa shape index (κ2) is 8.85. The Labute approximate surface area is 206 Å². The lowest BCUT2D eigenvalue weighted by molar-refractivity contribution is 0.0921. The number of hydrogen-bond acceptors (Lipinski definition) is 2. The molecule has 33 heavy (non-hydrogen) atoms. The third-order valence-corrected chi connectivity index (χ3v) is 7.60. The molecule has 0 fully saturated rings. The van der Waals surface area contributed by atoms with Crippen LogP contribution in [0.3, 0.4) is 0 Å². The van der Waals surface area contributed by atoms with Crippen molar-refractivity contribution in [2.45, 2.75) is 71.3 Å². The number of furan rings is 1. The maximum absolute atomic E-state index is 12.6. The molecule has 0 unspecified atom stereocenters. The van der Waals surface area contributed by atoms with Crippen molar-refractivity contribution >= 4 is 29.1 Å². The zero-order chi connectivity index (χ0) is 24.0.